The van der Waals surface area contributed by atoms with Gasteiger partial charge in [-0.1, -0.05) is 49.9 Å². The lowest BCUT2D eigenvalue weighted by molar-refractivity contribution is -0.275. The second-order valence-electron chi connectivity index (χ2n) is 9.87. The fraction of sp³-hybridized carbons (Fsp3) is 0.556. The highest BCUT2D eigenvalue weighted by Gasteiger charge is 2.35. The minimum Gasteiger partial charge on any atom is -0.405 e. The summed E-state index contributed by atoms with van der Waals surface area (Å²) >= 11 is 1.31. The normalized spacial score (nSPS) is 15.9. The van der Waals surface area contributed by atoms with Gasteiger partial charge in [-0.2, -0.15) is 0 Å². The van der Waals surface area contributed by atoms with Crippen LogP contribution in [0.25, 0.3) is 0 Å². The van der Waals surface area contributed by atoms with E-state index < -0.39 is 14.0 Å². The van der Waals surface area contributed by atoms with Crippen LogP contribution < -0.4 is 10.1 Å². The van der Waals surface area contributed by atoms with E-state index in [4.69, 9.17) is 9.79 Å². The molecule has 3 N–H and O–H groups in total. The Hall–Kier alpha value is -1.58. The number of ether oxygens (including phenoxy) is 1. The predicted molar refractivity (Wildman–Crippen MR) is 142 cm³/mol. The van der Waals surface area contributed by atoms with Crippen molar-refractivity contribution in [3.63, 3.8) is 0 Å². The van der Waals surface area contributed by atoms with Crippen molar-refractivity contribution in [1.82, 2.24) is 5.32 Å². The summed E-state index contributed by atoms with van der Waals surface area (Å²) in [6.45, 7) is 0.573. The number of hydrogen-bond donors (Lipinski definition) is 3. The van der Waals surface area contributed by atoms with E-state index in [1.165, 1.54) is 23.9 Å². The van der Waals surface area contributed by atoms with E-state index >= 15 is 0 Å². The lowest BCUT2D eigenvalue weighted by Crippen LogP contribution is -2.30. The summed E-state index contributed by atoms with van der Waals surface area (Å²) < 4.78 is 69.0. The van der Waals surface area contributed by atoms with Crippen LogP contribution in [-0.4, -0.2) is 34.6 Å². The lowest BCUT2D eigenvalue weighted by atomic mass is 9.66. The molecule has 0 unspecified atom stereocenters. The molecule has 0 aliphatic heterocycles. The first-order chi connectivity index (χ1) is 18.0. The van der Waals surface area contributed by atoms with Crippen molar-refractivity contribution in [3.05, 3.63) is 59.4 Å². The third-order valence-corrected chi connectivity index (χ3v) is 8.97. The topological polar surface area (TPSA) is 78.8 Å². The minimum absolute atomic E-state index is 0.158. The van der Waals surface area contributed by atoms with Gasteiger partial charge >= 0.3 is 14.0 Å². The maximum absolute atomic E-state index is 14.6. The first-order valence-electron chi connectivity index (χ1n) is 13.0. The highest BCUT2D eigenvalue weighted by atomic mass is 32.2. The van der Waals surface area contributed by atoms with Crippen LogP contribution in [0.4, 0.5) is 17.6 Å². The first-order valence-corrected chi connectivity index (χ1v) is 15.8. The molecule has 1 fully saturated rings. The van der Waals surface area contributed by atoms with Gasteiger partial charge in [-0.25, -0.2) is 4.39 Å². The molecule has 0 atom stereocenters. The average molecular weight is 578 g/mol. The van der Waals surface area contributed by atoms with Crippen molar-refractivity contribution >= 4 is 19.4 Å². The SMILES string of the molecule is O=P(O)(O)CCCNCc1ccc(SCCCCC2(c3ccccc3F)CCCCC2)c(OC(F)(F)F)c1. The highest BCUT2D eigenvalue weighted by Crippen LogP contribution is 2.44. The molecule has 11 heteroatoms. The first kappa shape index (κ1) is 31.0. The molecule has 1 aliphatic rings. The zero-order valence-electron chi connectivity index (χ0n) is 21.3. The van der Waals surface area contributed by atoms with Gasteiger partial charge in [-0.05, 0) is 79.1 Å². The van der Waals surface area contributed by atoms with Gasteiger partial charge in [0.1, 0.15) is 11.6 Å². The third-order valence-electron chi connectivity index (χ3n) is 6.93. The molecule has 38 heavy (non-hydrogen) atoms. The standard InChI is InChI=1S/C27H36F4NO4PS/c28-23-10-3-2-9-22(23)26(13-4-1-5-14-26)15-6-7-18-38-25-12-11-21(19-24(25)36-27(29,30)31)20-32-16-8-17-37(33,34)35/h2-3,9-12,19,32H,1,4-8,13-18,20H2,(H2,33,34,35). The Kier molecular flexibility index (Phi) is 11.5. The number of alkyl halides is 3. The molecule has 0 amide bonds. The van der Waals surface area contributed by atoms with Crippen LogP contribution in [0.3, 0.4) is 0 Å². The van der Waals surface area contributed by atoms with E-state index in [9.17, 15) is 22.1 Å². The Bertz CT molecular complexity index is 1070. The van der Waals surface area contributed by atoms with Crippen molar-refractivity contribution in [2.24, 2.45) is 0 Å². The summed E-state index contributed by atoms with van der Waals surface area (Å²) in [5, 5.41) is 2.98. The molecule has 0 radical (unpaired) electrons. The number of unbranched alkanes of at least 4 members (excludes halogenated alkanes) is 1. The number of rotatable bonds is 14. The molecule has 0 heterocycles. The van der Waals surface area contributed by atoms with E-state index in [0.717, 1.165) is 56.9 Å². The van der Waals surface area contributed by atoms with Gasteiger partial charge in [-0.3, -0.25) is 4.57 Å². The Morgan fingerprint density at radius 3 is 2.45 bits per heavy atom. The molecule has 5 nitrogen and oxygen atoms in total. The number of thioether (sulfide) groups is 1. The predicted octanol–water partition coefficient (Wildman–Crippen LogP) is 7.55. The third kappa shape index (κ3) is 10.2. The van der Waals surface area contributed by atoms with Crippen molar-refractivity contribution in [1.29, 1.82) is 0 Å². The molecular formula is C27H36F4NO4PS. The summed E-state index contributed by atoms with van der Waals surface area (Å²) in [4.78, 5) is 18.2. The molecular weight excluding hydrogens is 541 g/mol. The Labute approximate surface area is 225 Å². The smallest absolute Gasteiger partial charge is 0.405 e. The van der Waals surface area contributed by atoms with Gasteiger partial charge in [0.05, 0.1) is 6.16 Å². The minimum atomic E-state index is -4.82. The monoisotopic (exact) mass is 577 g/mol. The second kappa shape index (κ2) is 14.2. The van der Waals surface area contributed by atoms with E-state index in [1.54, 1.807) is 18.2 Å². The highest BCUT2D eigenvalue weighted by molar-refractivity contribution is 7.99. The second-order valence-corrected chi connectivity index (χ2v) is 12.8. The quantitative estimate of drug-likeness (QED) is 0.0932. The zero-order valence-corrected chi connectivity index (χ0v) is 23.0. The van der Waals surface area contributed by atoms with Crippen LogP contribution in [0.2, 0.25) is 0 Å². The fourth-order valence-corrected chi connectivity index (χ4v) is 6.70. The van der Waals surface area contributed by atoms with E-state index in [0.29, 0.717) is 22.8 Å². The fourth-order valence-electron chi connectivity index (χ4n) is 5.15. The Morgan fingerprint density at radius 1 is 1.03 bits per heavy atom. The summed E-state index contributed by atoms with van der Waals surface area (Å²) in [5.41, 5.74) is 1.20. The molecule has 0 bridgehead atoms. The van der Waals surface area contributed by atoms with E-state index in [1.807, 2.05) is 12.1 Å². The zero-order chi connectivity index (χ0) is 27.7. The van der Waals surface area contributed by atoms with Crippen molar-refractivity contribution in [2.75, 3.05) is 18.5 Å². The number of nitrogens with one attached hydrogen (secondary N) is 1. The molecule has 212 valence electrons. The Morgan fingerprint density at radius 2 is 1.76 bits per heavy atom. The van der Waals surface area contributed by atoms with Gasteiger partial charge in [-0.15, -0.1) is 24.9 Å². The van der Waals surface area contributed by atoms with E-state index in [-0.39, 0.29) is 36.1 Å². The van der Waals surface area contributed by atoms with Gasteiger partial charge in [0.25, 0.3) is 0 Å². The van der Waals surface area contributed by atoms with Gasteiger partial charge < -0.3 is 19.8 Å². The number of halogens is 4. The Balaban J connectivity index is 1.55. The van der Waals surface area contributed by atoms with E-state index in [2.05, 4.69) is 10.1 Å². The number of hydrogen-bond acceptors (Lipinski definition) is 4. The van der Waals surface area contributed by atoms with Crippen LogP contribution in [0.15, 0.2) is 47.4 Å². The van der Waals surface area contributed by atoms with Crippen molar-refractivity contribution < 1.29 is 36.7 Å². The summed E-state index contributed by atoms with van der Waals surface area (Å²) in [5.74, 6) is 0.197. The summed E-state index contributed by atoms with van der Waals surface area (Å²) in [6, 6.07) is 11.7. The number of benzene rings is 2. The molecule has 1 saturated carbocycles. The van der Waals surface area contributed by atoms with Gasteiger partial charge in [0.2, 0.25) is 0 Å². The summed E-state index contributed by atoms with van der Waals surface area (Å²) in [7, 11) is -4.07. The largest absolute Gasteiger partial charge is 0.573 e. The van der Waals surface area contributed by atoms with Crippen LogP contribution >= 0.6 is 19.4 Å². The van der Waals surface area contributed by atoms with Crippen LogP contribution in [-0.2, 0) is 16.5 Å². The lowest BCUT2D eigenvalue weighted by Gasteiger charge is -2.38. The molecule has 1 aliphatic carbocycles. The molecule has 2 aromatic rings. The molecule has 0 aromatic heterocycles. The summed E-state index contributed by atoms with van der Waals surface area (Å²) in [6.07, 6.45) is 2.90. The van der Waals surface area contributed by atoms with Crippen LogP contribution in [0.1, 0.15) is 68.9 Å². The maximum Gasteiger partial charge on any atom is 0.573 e. The van der Waals surface area contributed by atoms with Crippen LogP contribution in [0.5, 0.6) is 5.75 Å². The molecule has 2 aromatic carbocycles. The van der Waals surface area contributed by atoms with Crippen LogP contribution in [0, 0.1) is 5.82 Å². The molecule has 3 rings (SSSR count). The maximum atomic E-state index is 14.6. The van der Waals surface area contributed by atoms with Crippen molar-refractivity contribution in [2.45, 2.75) is 81.0 Å². The van der Waals surface area contributed by atoms with Gasteiger partial charge in [0.15, 0.2) is 0 Å². The van der Waals surface area contributed by atoms with Gasteiger partial charge in [0, 0.05) is 11.4 Å². The van der Waals surface area contributed by atoms with Crippen molar-refractivity contribution in [3.8, 4) is 5.75 Å². The molecule has 0 saturated heterocycles. The molecule has 0 spiro atoms. The average Bonchev–Trinajstić information content (AvgIpc) is 2.84.